The number of anilines is 1. The predicted octanol–water partition coefficient (Wildman–Crippen LogP) is 2.45. The first-order valence-electron chi connectivity index (χ1n) is 6.30. The second-order valence-electron chi connectivity index (χ2n) is 4.45. The number of carboxylic acids is 1. The maximum absolute atomic E-state index is 11.8. The molecule has 22 heavy (non-hydrogen) atoms. The standard InChI is InChI=1S/C16H13NO5/c18-11-3-1-2-10(8-11)4-7-15(20)17-14-9-12(19)5-6-13(14)16(21)22/h1-9,18-19H,(H,17,20)(H,21,22)/b7-4+. The highest BCUT2D eigenvalue weighted by molar-refractivity contribution is 6.06. The smallest absolute Gasteiger partial charge is 0.337 e. The molecule has 0 fully saturated rings. The fraction of sp³-hybridized carbons (Fsp3) is 0. The molecule has 0 unspecified atom stereocenters. The number of carboxylic acid groups (broad SMARTS) is 1. The molecule has 0 saturated carbocycles. The van der Waals surface area contributed by atoms with E-state index < -0.39 is 11.9 Å². The van der Waals surface area contributed by atoms with Gasteiger partial charge in [0.25, 0.3) is 0 Å². The maximum Gasteiger partial charge on any atom is 0.337 e. The monoisotopic (exact) mass is 299 g/mol. The van der Waals surface area contributed by atoms with Crippen molar-refractivity contribution < 1.29 is 24.9 Å². The van der Waals surface area contributed by atoms with E-state index in [0.717, 1.165) is 6.07 Å². The quantitative estimate of drug-likeness (QED) is 0.649. The van der Waals surface area contributed by atoms with Crippen molar-refractivity contribution in [2.45, 2.75) is 0 Å². The van der Waals surface area contributed by atoms with E-state index in [2.05, 4.69) is 5.32 Å². The highest BCUT2D eigenvalue weighted by atomic mass is 16.4. The van der Waals surface area contributed by atoms with Crippen molar-refractivity contribution >= 4 is 23.6 Å². The van der Waals surface area contributed by atoms with Gasteiger partial charge in [-0.1, -0.05) is 12.1 Å². The van der Waals surface area contributed by atoms with Gasteiger partial charge in [-0.2, -0.15) is 0 Å². The molecule has 0 saturated heterocycles. The lowest BCUT2D eigenvalue weighted by molar-refractivity contribution is -0.111. The van der Waals surface area contributed by atoms with Crippen LogP contribution in [0.3, 0.4) is 0 Å². The Bertz CT molecular complexity index is 752. The van der Waals surface area contributed by atoms with Crippen molar-refractivity contribution in [3.8, 4) is 11.5 Å². The first-order chi connectivity index (χ1) is 10.5. The zero-order valence-electron chi connectivity index (χ0n) is 11.4. The first kappa shape index (κ1) is 15.1. The Morgan fingerprint density at radius 3 is 2.41 bits per heavy atom. The minimum Gasteiger partial charge on any atom is -0.508 e. The Hall–Kier alpha value is -3.28. The molecule has 2 rings (SSSR count). The van der Waals surface area contributed by atoms with E-state index in [0.29, 0.717) is 5.56 Å². The molecule has 6 nitrogen and oxygen atoms in total. The van der Waals surface area contributed by atoms with Gasteiger partial charge < -0.3 is 20.6 Å². The molecule has 0 atom stereocenters. The molecule has 0 bridgehead atoms. The summed E-state index contributed by atoms with van der Waals surface area (Å²) in [6.45, 7) is 0. The van der Waals surface area contributed by atoms with Crippen LogP contribution in [0.2, 0.25) is 0 Å². The lowest BCUT2D eigenvalue weighted by atomic mass is 10.1. The van der Waals surface area contributed by atoms with Crippen LogP contribution in [-0.4, -0.2) is 27.2 Å². The van der Waals surface area contributed by atoms with E-state index in [-0.39, 0.29) is 22.7 Å². The zero-order chi connectivity index (χ0) is 16.1. The van der Waals surface area contributed by atoms with Crippen LogP contribution < -0.4 is 5.32 Å². The van der Waals surface area contributed by atoms with E-state index in [1.165, 1.54) is 36.4 Å². The molecule has 2 aromatic rings. The third kappa shape index (κ3) is 3.86. The van der Waals surface area contributed by atoms with Crippen molar-refractivity contribution in [2.24, 2.45) is 0 Å². The molecule has 0 spiro atoms. The molecule has 0 aromatic heterocycles. The normalized spacial score (nSPS) is 10.5. The highest BCUT2D eigenvalue weighted by Gasteiger charge is 2.12. The molecule has 4 N–H and O–H groups in total. The van der Waals surface area contributed by atoms with Gasteiger partial charge in [0.1, 0.15) is 11.5 Å². The van der Waals surface area contributed by atoms with Crippen LogP contribution in [0.4, 0.5) is 5.69 Å². The number of nitrogens with one attached hydrogen (secondary N) is 1. The molecule has 6 heteroatoms. The van der Waals surface area contributed by atoms with Gasteiger partial charge in [-0.3, -0.25) is 4.79 Å². The Kier molecular flexibility index (Phi) is 4.43. The molecular weight excluding hydrogens is 286 g/mol. The van der Waals surface area contributed by atoms with Crippen molar-refractivity contribution in [3.05, 3.63) is 59.7 Å². The van der Waals surface area contributed by atoms with E-state index >= 15 is 0 Å². The molecule has 0 aliphatic carbocycles. The van der Waals surface area contributed by atoms with Gasteiger partial charge >= 0.3 is 5.97 Å². The van der Waals surface area contributed by atoms with E-state index in [1.807, 2.05) is 0 Å². The Labute approximate surface area is 126 Å². The Morgan fingerprint density at radius 2 is 1.73 bits per heavy atom. The Balaban J connectivity index is 2.15. The number of carbonyl (C=O) groups excluding carboxylic acids is 1. The molecule has 0 aliphatic heterocycles. The number of hydrogen-bond acceptors (Lipinski definition) is 4. The van der Waals surface area contributed by atoms with Crippen molar-refractivity contribution in [2.75, 3.05) is 5.32 Å². The summed E-state index contributed by atoms with van der Waals surface area (Å²) in [6.07, 6.45) is 2.67. The lowest BCUT2D eigenvalue weighted by Crippen LogP contribution is -2.11. The topological polar surface area (TPSA) is 107 Å². The van der Waals surface area contributed by atoms with Gasteiger partial charge in [0.2, 0.25) is 5.91 Å². The fourth-order valence-electron chi connectivity index (χ4n) is 1.80. The van der Waals surface area contributed by atoms with Crippen molar-refractivity contribution in [1.82, 2.24) is 0 Å². The number of carbonyl (C=O) groups is 2. The minimum atomic E-state index is -1.22. The SMILES string of the molecule is O=C(/C=C/c1cccc(O)c1)Nc1cc(O)ccc1C(=O)O. The summed E-state index contributed by atoms with van der Waals surface area (Å²) in [5.74, 6) is -1.86. The maximum atomic E-state index is 11.8. The summed E-state index contributed by atoms with van der Waals surface area (Å²) in [5.41, 5.74) is 0.486. The van der Waals surface area contributed by atoms with Crippen LogP contribution >= 0.6 is 0 Å². The van der Waals surface area contributed by atoms with Crippen LogP contribution in [0.1, 0.15) is 15.9 Å². The number of phenols is 2. The second kappa shape index (κ2) is 6.45. The summed E-state index contributed by atoms with van der Waals surface area (Å²) in [4.78, 5) is 22.9. The highest BCUT2D eigenvalue weighted by Crippen LogP contribution is 2.22. The first-order valence-corrected chi connectivity index (χ1v) is 6.30. The molecule has 112 valence electrons. The van der Waals surface area contributed by atoms with E-state index in [1.54, 1.807) is 12.1 Å². The largest absolute Gasteiger partial charge is 0.508 e. The van der Waals surface area contributed by atoms with Gasteiger partial charge in [0.05, 0.1) is 11.3 Å². The third-order valence-corrected chi connectivity index (χ3v) is 2.79. The van der Waals surface area contributed by atoms with Gasteiger partial charge in [-0.05, 0) is 35.9 Å². The van der Waals surface area contributed by atoms with Gasteiger partial charge in [0, 0.05) is 12.1 Å². The summed E-state index contributed by atoms with van der Waals surface area (Å²) < 4.78 is 0. The van der Waals surface area contributed by atoms with E-state index in [9.17, 15) is 19.8 Å². The van der Waals surface area contributed by atoms with Crippen LogP contribution in [0.25, 0.3) is 6.08 Å². The van der Waals surface area contributed by atoms with Crippen molar-refractivity contribution in [3.63, 3.8) is 0 Å². The van der Waals surface area contributed by atoms with Crippen LogP contribution in [0, 0.1) is 0 Å². The van der Waals surface area contributed by atoms with Crippen molar-refractivity contribution in [1.29, 1.82) is 0 Å². The summed E-state index contributed by atoms with van der Waals surface area (Å²) in [6, 6.07) is 9.88. The second-order valence-corrected chi connectivity index (χ2v) is 4.45. The average Bonchev–Trinajstić information content (AvgIpc) is 2.45. The number of rotatable bonds is 4. The number of hydrogen-bond donors (Lipinski definition) is 4. The minimum absolute atomic E-state index is 0.00180. The number of benzene rings is 2. The number of amides is 1. The average molecular weight is 299 g/mol. The predicted molar refractivity (Wildman–Crippen MR) is 80.8 cm³/mol. The molecule has 0 heterocycles. The molecule has 0 radical (unpaired) electrons. The fourth-order valence-corrected chi connectivity index (χ4v) is 1.80. The van der Waals surface area contributed by atoms with E-state index in [4.69, 9.17) is 5.11 Å². The summed E-state index contributed by atoms with van der Waals surface area (Å²) in [7, 11) is 0. The Morgan fingerprint density at radius 1 is 1.00 bits per heavy atom. The lowest BCUT2D eigenvalue weighted by Gasteiger charge is -2.07. The number of aromatic carboxylic acids is 1. The zero-order valence-corrected chi connectivity index (χ0v) is 11.4. The third-order valence-electron chi connectivity index (χ3n) is 2.79. The van der Waals surface area contributed by atoms with Gasteiger partial charge in [-0.15, -0.1) is 0 Å². The molecular formula is C16H13NO5. The van der Waals surface area contributed by atoms with Crippen LogP contribution in [-0.2, 0) is 4.79 Å². The summed E-state index contributed by atoms with van der Waals surface area (Å²) >= 11 is 0. The summed E-state index contributed by atoms with van der Waals surface area (Å²) in [5, 5.41) is 30.1. The molecule has 2 aromatic carbocycles. The van der Waals surface area contributed by atoms with Gasteiger partial charge in [0.15, 0.2) is 0 Å². The van der Waals surface area contributed by atoms with Gasteiger partial charge in [-0.25, -0.2) is 4.79 Å². The van der Waals surface area contributed by atoms with Crippen LogP contribution in [0.5, 0.6) is 11.5 Å². The molecule has 1 amide bonds. The molecule has 0 aliphatic rings. The number of phenolic OH excluding ortho intramolecular Hbond substituents is 2. The van der Waals surface area contributed by atoms with Crippen LogP contribution in [0.15, 0.2) is 48.5 Å². The number of aromatic hydroxyl groups is 2.